The largest absolute Gasteiger partial charge is 0.487 e. The quantitative estimate of drug-likeness (QED) is 0.302. The highest BCUT2D eigenvalue weighted by Gasteiger charge is 2.10. The first kappa shape index (κ1) is 23.7. The van der Waals surface area contributed by atoms with E-state index in [2.05, 4.69) is 48.0 Å². The first-order valence-corrected chi connectivity index (χ1v) is 10.6. The molecule has 2 aromatic carbocycles. The highest BCUT2D eigenvalue weighted by Crippen LogP contribution is 2.35. The molecule has 0 spiro atoms. The Morgan fingerprint density at radius 3 is 2.27 bits per heavy atom. The van der Waals surface area contributed by atoms with Crippen molar-refractivity contribution in [2.75, 3.05) is 6.54 Å². The van der Waals surface area contributed by atoms with Crippen molar-refractivity contribution < 1.29 is 19.1 Å². The van der Waals surface area contributed by atoms with Gasteiger partial charge in [-0.2, -0.15) is 0 Å². The number of carbonyl (C=O) groups excluding carboxylic acids is 3. The number of nitrogens with two attached hydrogens (primary N) is 1. The van der Waals surface area contributed by atoms with E-state index in [4.69, 9.17) is 10.5 Å². The van der Waals surface area contributed by atoms with E-state index < -0.39 is 11.9 Å². The molecule has 10 heteroatoms. The summed E-state index contributed by atoms with van der Waals surface area (Å²) in [7, 11) is 0. The molecule has 0 atom stereocenters. The second-order valence-corrected chi connectivity index (χ2v) is 8.15. The van der Waals surface area contributed by atoms with Crippen LogP contribution in [0, 0.1) is 6.92 Å². The van der Waals surface area contributed by atoms with Crippen molar-refractivity contribution in [3.8, 4) is 5.75 Å². The summed E-state index contributed by atoms with van der Waals surface area (Å²) in [5, 5.41) is 2.38. The number of urea groups is 1. The number of primary amides is 1. The molecule has 0 saturated heterocycles. The van der Waals surface area contributed by atoms with E-state index in [1.54, 1.807) is 24.3 Å². The molecular formula is C20H22Br2N4O4. The van der Waals surface area contributed by atoms with Crippen molar-refractivity contribution in [1.29, 1.82) is 0 Å². The zero-order chi connectivity index (χ0) is 22.1. The zero-order valence-corrected chi connectivity index (χ0v) is 19.4. The maximum atomic E-state index is 12.1. The normalized spacial score (nSPS) is 10.2. The Morgan fingerprint density at radius 2 is 1.67 bits per heavy atom. The van der Waals surface area contributed by atoms with Crippen molar-refractivity contribution in [2.24, 2.45) is 5.73 Å². The van der Waals surface area contributed by atoms with Crippen LogP contribution in [0.25, 0.3) is 0 Å². The van der Waals surface area contributed by atoms with E-state index in [9.17, 15) is 14.4 Å². The molecule has 8 nitrogen and oxygen atoms in total. The Hall–Kier alpha value is -2.59. The molecule has 0 saturated carbocycles. The van der Waals surface area contributed by atoms with Gasteiger partial charge in [0.2, 0.25) is 5.91 Å². The maximum Gasteiger partial charge on any atom is 0.312 e. The lowest BCUT2D eigenvalue weighted by Crippen LogP contribution is -2.41. The van der Waals surface area contributed by atoms with E-state index in [1.165, 1.54) is 0 Å². The third-order valence-electron chi connectivity index (χ3n) is 3.94. The van der Waals surface area contributed by atoms with E-state index in [1.807, 2.05) is 19.1 Å². The summed E-state index contributed by atoms with van der Waals surface area (Å²) < 4.78 is 7.57. The van der Waals surface area contributed by atoms with Crippen LogP contribution in [0.5, 0.6) is 5.75 Å². The molecule has 2 rings (SSSR count). The van der Waals surface area contributed by atoms with Gasteiger partial charge in [0.15, 0.2) is 0 Å². The number of aryl methyl sites for hydroxylation is 1. The van der Waals surface area contributed by atoms with Gasteiger partial charge in [-0.25, -0.2) is 4.79 Å². The van der Waals surface area contributed by atoms with E-state index in [0.717, 1.165) is 20.1 Å². The fraction of sp³-hybridized carbons (Fsp3) is 0.250. The van der Waals surface area contributed by atoms with Crippen LogP contribution in [0.2, 0.25) is 0 Å². The molecule has 0 heterocycles. The van der Waals surface area contributed by atoms with Gasteiger partial charge in [-0.3, -0.25) is 20.4 Å². The Bertz CT molecular complexity index is 897. The number of benzene rings is 2. The minimum absolute atomic E-state index is 0.140. The zero-order valence-electron chi connectivity index (χ0n) is 16.3. The van der Waals surface area contributed by atoms with E-state index in [-0.39, 0.29) is 18.9 Å². The summed E-state index contributed by atoms with van der Waals surface area (Å²) in [5.74, 6) is -0.0971. The van der Waals surface area contributed by atoms with Gasteiger partial charge < -0.3 is 15.8 Å². The smallest absolute Gasteiger partial charge is 0.312 e. The number of hydrazine groups is 1. The second kappa shape index (κ2) is 11.6. The molecule has 2 aromatic rings. The van der Waals surface area contributed by atoms with E-state index >= 15 is 0 Å². The SMILES string of the molecule is Cc1cc(Br)c(OCc2ccc(C(=O)NNC(=O)CCCNC(N)=O)cc2)c(Br)c1. The van der Waals surface area contributed by atoms with Gasteiger partial charge in [-0.1, -0.05) is 12.1 Å². The minimum atomic E-state index is -0.642. The summed E-state index contributed by atoms with van der Waals surface area (Å²) in [6, 6.07) is 10.2. The molecule has 160 valence electrons. The van der Waals surface area contributed by atoms with Gasteiger partial charge in [0.1, 0.15) is 12.4 Å². The van der Waals surface area contributed by atoms with Crippen LogP contribution in [0.15, 0.2) is 45.3 Å². The first-order valence-electron chi connectivity index (χ1n) is 9.06. The average molecular weight is 542 g/mol. The summed E-state index contributed by atoms with van der Waals surface area (Å²) >= 11 is 6.98. The first-order chi connectivity index (χ1) is 14.3. The summed E-state index contributed by atoms with van der Waals surface area (Å²) in [5.41, 5.74) is 12.0. The molecule has 4 amide bonds. The summed E-state index contributed by atoms with van der Waals surface area (Å²) in [6.07, 6.45) is 0.549. The molecule has 5 N–H and O–H groups in total. The van der Waals surface area contributed by atoms with Gasteiger partial charge in [0, 0.05) is 18.5 Å². The molecule has 0 aliphatic carbocycles. The lowest BCUT2D eigenvalue weighted by Gasteiger charge is -2.12. The van der Waals surface area contributed by atoms with Crippen LogP contribution in [0.4, 0.5) is 4.79 Å². The van der Waals surface area contributed by atoms with Crippen LogP contribution >= 0.6 is 31.9 Å². The standard InChI is InChI=1S/C20H22Br2N4O4/c1-12-9-15(21)18(16(22)10-12)30-11-13-4-6-14(7-5-13)19(28)26-25-17(27)3-2-8-24-20(23)29/h4-7,9-10H,2-3,8,11H2,1H3,(H,25,27)(H,26,28)(H3,23,24,29). The molecule has 0 unspecified atom stereocenters. The highest BCUT2D eigenvalue weighted by atomic mass is 79.9. The number of rotatable bonds is 8. The monoisotopic (exact) mass is 540 g/mol. The third-order valence-corrected chi connectivity index (χ3v) is 5.12. The van der Waals surface area contributed by atoms with Crippen molar-refractivity contribution >= 4 is 49.7 Å². The van der Waals surface area contributed by atoms with Gasteiger partial charge in [0.25, 0.3) is 5.91 Å². The highest BCUT2D eigenvalue weighted by molar-refractivity contribution is 9.11. The molecule has 0 aliphatic heterocycles. The Morgan fingerprint density at radius 1 is 1.03 bits per heavy atom. The Kier molecular flexibility index (Phi) is 9.13. The van der Waals surface area contributed by atoms with Crippen LogP contribution in [0.3, 0.4) is 0 Å². The van der Waals surface area contributed by atoms with Gasteiger partial charge in [-0.15, -0.1) is 0 Å². The van der Waals surface area contributed by atoms with Gasteiger partial charge in [0.05, 0.1) is 8.95 Å². The number of ether oxygens (including phenoxy) is 1. The Balaban J connectivity index is 1.80. The number of amides is 4. The second-order valence-electron chi connectivity index (χ2n) is 6.44. The van der Waals surface area contributed by atoms with Gasteiger partial charge >= 0.3 is 6.03 Å². The summed E-state index contributed by atoms with van der Waals surface area (Å²) in [4.78, 5) is 34.4. The minimum Gasteiger partial charge on any atom is -0.487 e. The molecule has 0 aromatic heterocycles. The fourth-order valence-corrected chi connectivity index (χ4v) is 4.10. The lowest BCUT2D eigenvalue weighted by molar-refractivity contribution is -0.121. The molecule has 0 radical (unpaired) electrons. The van der Waals surface area contributed by atoms with Crippen molar-refractivity contribution in [1.82, 2.24) is 16.2 Å². The number of halogens is 2. The van der Waals surface area contributed by atoms with Crippen molar-refractivity contribution in [2.45, 2.75) is 26.4 Å². The molecule has 0 aliphatic rings. The molecular weight excluding hydrogens is 520 g/mol. The molecule has 30 heavy (non-hydrogen) atoms. The predicted octanol–water partition coefficient (Wildman–Crippen LogP) is 3.31. The maximum absolute atomic E-state index is 12.1. The number of hydrogen-bond donors (Lipinski definition) is 4. The average Bonchev–Trinajstić information content (AvgIpc) is 2.69. The topological polar surface area (TPSA) is 123 Å². The number of carbonyl (C=O) groups is 3. The molecule has 0 bridgehead atoms. The number of hydrogen-bond acceptors (Lipinski definition) is 4. The van der Waals surface area contributed by atoms with Gasteiger partial charge in [-0.05, 0) is 80.6 Å². The Labute approximate surface area is 191 Å². The van der Waals surface area contributed by atoms with Crippen LogP contribution in [-0.4, -0.2) is 24.4 Å². The van der Waals surface area contributed by atoms with E-state index in [0.29, 0.717) is 24.3 Å². The fourth-order valence-electron chi connectivity index (χ4n) is 2.45. The lowest BCUT2D eigenvalue weighted by atomic mass is 10.1. The molecule has 0 fully saturated rings. The van der Waals surface area contributed by atoms with Crippen LogP contribution in [-0.2, 0) is 11.4 Å². The number of nitrogens with one attached hydrogen (secondary N) is 3. The third kappa shape index (κ3) is 7.68. The van der Waals surface area contributed by atoms with Crippen molar-refractivity contribution in [3.63, 3.8) is 0 Å². The van der Waals surface area contributed by atoms with Crippen molar-refractivity contribution in [3.05, 3.63) is 62.0 Å². The summed E-state index contributed by atoms with van der Waals surface area (Å²) in [6.45, 7) is 2.61. The predicted molar refractivity (Wildman–Crippen MR) is 120 cm³/mol. The van der Waals surface area contributed by atoms with Crippen LogP contribution in [0.1, 0.15) is 34.3 Å². The van der Waals surface area contributed by atoms with Crippen LogP contribution < -0.4 is 26.6 Å².